The number of pyridine rings is 1. The number of β-amino-alcohol motifs (C(OH)–C–C–N with tert-alkyl or cyclic N) is 1. The van der Waals surface area contributed by atoms with Crippen molar-refractivity contribution in [2.75, 3.05) is 18.0 Å². The van der Waals surface area contributed by atoms with Gasteiger partial charge >= 0.3 is 0 Å². The molecule has 5 heteroatoms. The Morgan fingerprint density at radius 3 is 2.83 bits per heavy atom. The second kappa shape index (κ2) is 8.64. The quantitative estimate of drug-likeness (QED) is 0.740. The summed E-state index contributed by atoms with van der Waals surface area (Å²) in [7, 11) is 0. The van der Waals surface area contributed by atoms with Gasteiger partial charge in [-0.25, -0.2) is 9.37 Å². The summed E-state index contributed by atoms with van der Waals surface area (Å²) in [6, 6.07) is 11.5. The molecule has 30 heavy (non-hydrogen) atoms. The van der Waals surface area contributed by atoms with Gasteiger partial charge in [0.25, 0.3) is 0 Å². The highest BCUT2D eigenvalue weighted by atomic mass is 19.1. The van der Waals surface area contributed by atoms with E-state index in [0.717, 1.165) is 48.2 Å². The molecule has 2 bridgehead atoms. The number of hydrogen-bond acceptors (Lipinski definition) is 4. The second-order valence-electron chi connectivity index (χ2n) is 9.48. The van der Waals surface area contributed by atoms with Crippen LogP contribution in [0.2, 0.25) is 0 Å². The number of nitrogens with one attached hydrogen (secondary N) is 1. The van der Waals surface area contributed by atoms with Gasteiger partial charge in [0, 0.05) is 37.4 Å². The van der Waals surface area contributed by atoms with Crippen molar-refractivity contribution in [1.82, 2.24) is 10.3 Å². The zero-order chi connectivity index (χ0) is 20.5. The predicted molar refractivity (Wildman–Crippen MR) is 117 cm³/mol. The van der Waals surface area contributed by atoms with E-state index in [1.165, 1.54) is 25.7 Å². The van der Waals surface area contributed by atoms with Crippen molar-refractivity contribution < 1.29 is 9.50 Å². The molecule has 0 spiro atoms. The zero-order valence-electron chi connectivity index (χ0n) is 17.5. The molecule has 2 aromatic rings. The molecule has 2 heterocycles. The molecular formula is C25H32FN3O. The summed E-state index contributed by atoms with van der Waals surface area (Å²) in [6.45, 7) is 2.27. The summed E-state index contributed by atoms with van der Waals surface area (Å²) < 4.78 is 14.7. The third-order valence-electron chi connectivity index (χ3n) is 7.52. The number of aromatic nitrogens is 1. The van der Waals surface area contributed by atoms with E-state index in [2.05, 4.69) is 21.3 Å². The molecule has 2 aliphatic carbocycles. The number of aliphatic hydroxyl groups excluding tert-OH is 1. The van der Waals surface area contributed by atoms with Gasteiger partial charge in [-0.2, -0.15) is 0 Å². The van der Waals surface area contributed by atoms with Crippen molar-refractivity contribution in [3.05, 3.63) is 59.5 Å². The first-order valence-corrected chi connectivity index (χ1v) is 11.5. The van der Waals surface area contributed by atoms with Gasteiger partial charge in [-0.05, 0) is 73.6 Å². The number of fused-ring (bicyclic) bond motifs is 2. The SMILES string of the molecule is O[C@@H]1CCCN(c2cc(CN[C@H](c3ccccc3F)[C@H]3C[C@H]4CC[C@H]3C4)ccn2)C1. The molecule has 160 valence electrons. The van der Waals surface area contributed by atoms with Crippen LogP contribution < -0.4 is 10.2 Å². The van der Waals surface area contributed by atoms with Gasteiger partial charge in [0.05, 0.1) is 6.10 Å². The van der Waals surface area contributed by atoms with Gasteiger partial charge < -0.3 is 15.3 Å². The van der Waals surface area contributed by atoms with Crippen LogP contribution in [0.1, 0.15) is 55.7 Å². The van der Waals surface area contributed by atoms with E-state index in [4.69, 9.17) is 0 Å². The van der Waals surface area contributed by atoms with Gasteiger partial charge in [-0.3, -0.25) is 0 Å². The van der Waals surface area contributed by atoms with Crippen LogP contribution >= 0.6 is 0 Å². The van der Waals surface area contributed by atoms with Crippen molar-refractivity contribution in [1.29, 1.82) is 0 Å². The fraction of sp³-hybridized carbons (Fsp3) is 0.560. The lowest BCUT2D eigenvalue weighted by Crippen LogP contribution is -2.38. The summed E-state index contributed by atoms with van der Waals surface area (Å²) in [5.41, 5.74) is 1.97. The Morgan fingerprint density at radius 2 is 2.07 bits per heavy atom. The van der Waals surface area contributed by atoms with E-state index < -0.39 is 0 Å². The smallest absolute Gasteiger partial charge is 0.128 e. The average Bonchev–Trinajstić information content (AvgIpc) is 3.39. The minimum Gasteiger partial charge on any atom is -0.391 e. The molecule has 5 atom stereocenters. The lowest BCUT2D eigenvalue weighted by molar-refractivity contribution is 0.154. The summed E-state index contributed by atoms with van der Waals surface area (Å²) >= 11 is 0. The predicted octanol–water partition coefficient (Wildman–Crippen LogP) is 4.45. The topological polar surface area (TPSA) is 48.4 Å². The van der Waals surface area contributed by atoms with Crippen LogP contribution in [-0.2, 0) is 6.54 Å². The maximum absolute atomic E-state index is 14.7. The molecule has 1 saturated heterocycles. The van der Waals surface area contributed by atoms with Crippen molar-refractivity contribution in [3.63, 3.8) is 0 Å². The van der Waals surface area contributed by atoms with E-state index >= 15 is 0 Å². The van der Waals surface area contributed by atoms with Crippen LogP contribution in [-0.4, -0.2) is 29.3 Å². The lowest BCUT2D eigenvalue weighted by atomic mass is 9.80. The van der Waals surface area contributed by atoms with Crippen LogP contribution in [0.25, 0.3) is 0 Å². The molecule has 2 N–H and O–H groups in total. The number of nitrogens with zero attached hydrogens (tertiary/aromatic N) is 2. The molecule has 5 rings (SSSR count). The Bertz CT molecular complexity index is 875. The highest BCUT2D eigenvalue weighted by molar-refractivity contribution is 5.41. The standard InChI is InChI=1S/C25H32FN3O/c26-23-6-2-1-5-21(23)25(22-13-17-7-8-19(22)12-17)28-15-18-9-10-27-24(14-18)29-11-3-4-20(30)16-29/h1-2,5-6,9-10,14,17,19-20,22,25,28,30H,3-4,7-8,11-13,15-16H2/t17-,19-,20+,22-,25+/m0/s1. The molecule has 1 aromatic heterocycles. The van der Waals surface area contributed by atoms with E-state index in [0.29, 0.717) is 19.0 Å². The minimum absolute atomic E-state index is 0.0509. The Labute approximate surface area is 178 Å². The number of aliphatic hydroxyl groups is 1. The number of halogens is 1. The second-order valence-corrected chi connectivity index (χ2v) is 9.48. The van der Waals surface area contributed by atoms with Crippen LogP contribution in [0.5, 0.6) is 0 Å². The minimum atomic E-state index is -0.273. The van der Waals surface area contributed by atoms with Gasteiger partial charge in [0.1, 0.15) is 11.6 Å². The molecule has 1 aliphatic heterocycles. The van der Waals surface area contributed by atoms with Crippen LogP contribution in [0.4, 0.5) is 10.2 Å². The molecule has 0 amide bonds. The Hall–Kier alpha value is -1.98. The molecular weight excluding hydrogens is 377 g/mol. The maximum atomic E-state index is 14.7. The number of benzene rings is 1. The van der Waals surface area contributed by atoms with E-state index in [1.54, 1.807) is 12.1 Å². The Kier molecular flexibility index (Phi) is 5.74. The Balaban J connectivity index is 1.33. The average molecular weight is 410 g/mol. The summed E-state index contributed by atoms with van der Waals surface area (Å²) in [6.07, 6.45) is 8.60. The summed E-state index contributed by atoms with van der Waals surface area (Å²) in [5, 5.41) is 13.7. The Morgan fingerprint density at radius 1 is 1.17 bits per heavy atom. The summed E-state index contributed by atoms with van der Waals surface area (Å²) in [4.78, 5) is 6.70. The van der Waals surface area contributed by atoms with Crippen molar-refractivity contribution >= 4 is 5.82 Å². The first-order chi connectivity index (χ1) is 14.7. The monoisotopic (exact) mass is 409 g/mol. The molecule has 4 nitrogen and oxygen atoms in total. The van der Waals surface area contributed by atoms with Gasteiger partial charge in [0.15, 0.2) is 0 Å². The lowest BCUT2D eigenvalue weighted by Gasteiger charge is -2.33. The van der Waals surface area contributed by atoms with Gasteiger partial charge in [-0.1, -0.05) is 24.6 Å². The zero-order valence-corrected chi connectivity index (χ0v) is 17.5. The number of anilines is 1. The third kappa shape index (κ3) is 4.10. The molecule has 3 fully saturated rings. The van der Waals surface area contributed by atoms with Crippen LogP contribution in [0.3, 0.4) is 0 Å². The van der Waals surface area contributed by atoms with E-state index in [-0.39, 0.29) is 18.0 Å². The fourth-order valence-corrected chi connectivity index (χ4v) is 6.06. The van der Waals surface area contributed by atoms with Crippen molar-refractivity contribution in [2.45, 2.75) is 57.2 Å². The normalized spacial score (nSPS) is 29.3. The molecule has 3 aliphatic rings. The van der Waals surface area contributed by atoms with Gasteiger partial charge in [-0.15, -0.1) is 0 Å². The van der Waals surface area contributed by atoms with E-state index in [9.17, 15) is 9.50 Å². The molecule has 0 radical (unpaired) electrons. The van der Waals surface area contributed by atoms with E-state index in [1.807, 2.05) is 24.4 Å². The van der Waals surface area contributed by atoms with Crippen molar-refractivity contribution in [2.24, 2.45) is 17.8 Å². The number of hydrogen-bond donors (Lipinski definition) is 2. The number of rotatable bonds is 6. The largest absolute Gasteiger partial charge is 0.391 e. The van der Waals surface area contributed by atoms with Gasteiger partial charge in [0.2, 0.25) is 0 Å². The molecule has 2 saturated carbocycles. The molecule has 0 unspecified atom stereocenters. The first kappa shape index (κ1) is 20.0. The summed E-state index contributed by atoms with van der Waals surface area (Å²) in [5.74, 6) is 2.88. The highest BCUT2D eigenvalue weighted by Crippen LogP contribution is 2.52. The van der Waals surface area contributed by atoms with Crippen LogP contribution in [0, 0.1) is 23.6 Å². The number of piperidine rings is 1. The van der Waals surface area contributed by atoms with Crippen LogP contribution in [0.15, 0.2) is 42.6 Å². The first-order valence-electron chi connectivity index (χ1n) is 11.5. The third-order valence-corrected chi connectivity index (χ3v) is 7.52. The maximum Gasteiger partial charge on any atom is 0.128 e. The van der Waals surface area contributed by atoms with Crippen molar-refractivity contribution in [3.8, 4) is 0 Å². The molecule has 1 aromatic carbocycles. The fourth-order valence-electron chi connectivity index (χ4n) is 6.06. The highest BCUT2D eigenvalue weighted by Gasteiger charge is 2.43.